The highest BCUT2D eigenvalue weighted by Gasteiger charge is 2.22. The van der Waals surface area contributed by atoms with E-state index >= 15 is 0 Å². The molecule has 0 aliphatic rings. The first-order valence-electron chi connectivity index (χ1n) is 9.57. The lowest BCUT2D eigenvalue weighted by Gasteiger charge is -2.19. The third kappa shape index (κ3) is 5.71. The average molecular weight is 421 g/mol. The Morgan fingerprint density at radius 3 is 2.21 bits per heavy atom. The van der Waals surface area contributed by atoms with Crippen LogP contribution < -0.4 is 14.8 Å². The highest BCUT2D eigenvalue weighted by Crippen LogP contribution is 2.22. The molecule has 1 atom stereocenters. The van der Waals surface area contributed by atoms with Gasteiger partial charge < -0.3 is 14.8 Å². The van der Waals surface area contributed by atoms with Crippen molar-refractivity contribution in [1.82, 2.24) is 4.31 Å². The van der Waals surface area contributed by atoms with Crippen molar-refractivity contribution in [2.75, 3.05) is 25.5 Å². The highest BCUT2D eigenvalue weighted by molar-refractivity contribution is 7.89. The Balaban J connectivity index is 2.08. The lowest BCUT2D eigenvalue weighted by molar-refractivity contribution is -0.122. The smallest absolute Gasteiger partial charge is 0.265 e. The fourth-order valence-electron chi connectivity index (χ4n) is 2.81. The summed E-state index contributed by atoms with van der Waals surface area (Å²) in [6.07, 6.45) is -0.224. The summed E-state index contributed by atoms with van der Waals surface area (Å²) in [5.74, 6) is 0.865. The summed E-state index contributed by atoms with van der Waals surface area (Å²) in [4.78, 5) is 12.8. The first kappa shape index (κ1) is 22.7. The fraction of sp³-hybridized carbons (Fsp3) is 0.381. The largest absolute Gasteiger partial charge is 0.497 e. The number of sulfonamides is 1. The first-order chi connectivity index (χ1) is 13.8. The minimum Gasteiger partial charge on any atom is -0.497 e. The number of amides is 1. The van der Waals surface area contributed by atoms with E-state index in [9.17, 15) is 13.2 Å². The van der Waals surface area contributed by atoms with E-state index in [4.69, 9.17) is 9.47 Å². The van der Waals surface area contributed by atoms with Gasteiger partial charge in [-0.1, -0.05) is 26.8 Å². The van der Waals surface area contributed by atoms with Crippen LogP contribution in [0.3, 0.4) is 0 Å². The number of hydrogen-bond acceptors (Lipinski definition) is 5. The lowest BCUT2D eigenvalue weighted by atomic mass is 10.2. The number of methoxy groups -OCH3 is 1. The van der Waals surface area contributed by atoms with Crippen LogP contribution in [0.4, 0.5) is 5.69 Å². The van der Waals surface area contributed by atoms with Gasteiger partial charge >= 0.3 is 0 Å². The summed E-state index contributed by atoms with van der Waals surface area (Å²) in [6.45, 7) is 6.24. The molecule has 29 heavy (non-hydrogen) atoms. The number of ether oxygens (including phenoxy) is 2. The molecule has 0 bridgehead atoms. The van der Waals surface area contributed by atoms with Crippen LogP contribution in [0.15, 0.2) is 53.4 Å². The maximum absolute atomic E-state index is 12.6. The van der Waals surface area contributed by atoms with Gasteiger partial charge in [-0.05, 0) is 42.8 Å². The van der Waals surface area contributed by atoms with Gasteiger partial charge in [0.2, 0.25) is 10.0 Å². The van der Waals surface area contributed by atoms with Gasteiger partial charge in [-0.15, -0.1) is 0 Å². The zero-order valence-electron chi connectivity index (χ0n) is 17.2. The van der Waals surface area contributed by atoms with Gasteiger partial charge in [0.15, 0.2) is 6.10 Å². The lowest BCUT2D eigenvalue weighted by Crippen LogP contribution is -2.32. The quantitative estimate of drug-likeness (QED) is 0.636. The zero-order valence-corrected chi connectivity index (χ0v) is 18.0. The Bertz CT molecular complexity index is 909. The van der Waals surface area contributed by atoms with Gasteiger partial charge in [-0.2, -0.15) is 4.31 Å². The Morgan fingerprint density at radius 2 is 1.66 bits per heavy atom. The molecule has 0 heterocycles. The minimum absolute atomic E-state index is 0.193. The molecule has 2 rings (SSSR count). The molecule has 0 fully saturated rings. The van der Waals surface area contributed by atoms with Gasteiger partial charge in [-0.3, -0.25) is 4.79 Å². The maximum atomic E-state index is 12.6. The average Bonchev–Trinajstić information content (AvgIpc) is 2.73. The fourth-order valence-corrected chi connectivity index (χ4v) is 4.26. The van der Waals surface area contributed by atoms with Crippen LogP contribution in [0, 0.1) is 0 Å². The van der Waals surface area contributed by atoms with Gasteiger partial charge in [0.1, 0.15) is 11.5 Å². The molecule has 7 nitrogen and oxygen atoms in total. The number of nitrogens with one attached hydrogen (secondary N) is 1. The number of anilines is 1. The highest BCUT2D eigenvalue weighted by atomic mass is 32.2. The van der Waals surface area contributed by atoms with Crippen molar-refractivity contribution in [2.45, 2.75) is 38.2 Å². The molecule has 0 spiro atoms. The van der Waals surface area contributed by atoms with Gasteiger partial charge in [0.05, 0.1) is 12.0 Å². The summed E-state index contributed by atoms with van der Waals surface area (Å²) in [5, 5.41) is 2.77. The molecule has 0 aromatic heterocycles. The van der Waals surface area contributed by atoms with Crippen molar-refractivity contribution in [3.8, 4) is 11.5 Å². The van der Waals surface area contributed by atoms with Gasteiger partial charge in [0.25, 0.3) is 5.91 Å². The molecule has 2 aromatic carbocycles. The van der Waals surface area contributed by atoms with E-state index < -0.39 is 16.1 Å². The van der Waals surface area contributed by atoms with Crippen LogP contribution >= 0.6 is 0 Å². The predicted octanol–water partition coefficient (Wildman–Crippen LogP) is 3.52. The summed E-state index contributed by atoms with van der Waals surface area (Å²) in [5.41, 5.74) is 0.501. The van der Waals surface area contributed by atoms with Crippen LogP contribution in [0.2, 0.25) is 0 Å². The van der Waals surface area contributed by atoms with Crippen LogP contribution in [0.5, 0.6) is 11.5 Å². The van der Waals surface area contributed by atoms with Crippen LogP contribution in [-0.4, -0.2) is 44.9 Å². The molecule has 0 saturated carbocycles. The number of nitrogens with zero attached hydrogens (tertiary/aromatic N) is 1. The van der Waals surface area contributed by atoms with E-state index in [1.165, 1.54) is 16.4 Å². The van der Waals surface area contributed by atoms with Crippen molar-refractivity contribution >= 4 is 21.6 Å². The number of carbonyl (C=O) groups excluding carboxylic acids is 1. The molecule has 0 aliphatic carbocycles. The molecule has 1 amide bonds. The Kier molecular flexibility index (Phi) is 8.04. The van der Waals surface area contributed by atoms with E-state index in [0.29, 0.717) is 36.7 Å². The summed E-state index contributed by atoms with van der Waals surface area (Å²) in [6, 6.07) is 13.2. The van der Waals surface area contributed by atoms with E-state index in [1.807, 2.05) is 6.92 Å². The second kappa shape index (κ2) is 10.3. The number of benzene rings is 2. The molecular weight excluding hydrogens is 392 g/mol. The van der Waals surface area contributed by atoms with Crippen molar-refractivity contribution in [3.63, 3.8) is 0 Å². The molecule has 1 N–H and O–H groups in total. The second-order valence-electron chi connectivity index (χ2n) is 6.30. The minimum atomic E-state index is -3.53. The van der Waals surface area contributed by atoms with Crippen molar-refractivity contribution < 1.29 is 22.7 Å². The summed E-state index contributed by atoms with van der Waals surface area (Å²) >= 11 is 0. The molecule has 8 heteroatoms. The first-order valence-corrected chi connectivity index (χ1v) is 11.0. The third-order valence-electron chi connectivity index (χ3n) is 4.45. The van der Waals surface area contributed by atoms with Gasteiger partial charge in [0, 0.05) is 24.8 Å². The van der Waals surface area contributed by atoms with Crippen molar-refractivity contribution in [3.05, 3.63) is 48.5 Å². The van der Waals surface area contributed by atoms with Crippen molar-refractivity contribution in [1.29, 1.82) is 0 Å². The Labute approximate surface area is 172 Å². The molecule has 0 saturated heterocycles. The van der Waals surface area contributed by atoms with E-state index in [0.717, 1.165) is 0 Å². The van der Waals surface area contributed by atoms with Crippen LogP contribution in [-0.2, 0) is 14.8 Å². The molecular formula is C21H28N2O5S. The molecule has 2 aromatic rings. The predicted molar refractivity (Wildman–Crippen MR) is 113 cm³/mol. The second-order valence-corrected chi connectivity index (χ2v) is 8.23. The number of rotatable bonds is 10. The monoisotopic (exact) mass is 420 g/mol. The van der Waals surface area contributed by atoms with Crippen LogP contribution in [0.25, 0.3) is 0 Å². The molecule has 0 aliphatic heterocycles. The SMILES string of the molecule is CCC(Oc1cccc(OC)c1)C(=O)Nc1ccc(S(=O)(=O)N(CC)CC)cc1. The van der Waals surface area contributed by atoms with E-state index in [-0.39, 0.29) is 10.8 Å². The maximum Gasteiger partial charge on any atom is 0.265 e. The third-order valence-corrected chi connectivity index (χ3v) is 6.51. The van der Waals surface area contributed by atoms with Crippen LogP contribution in [0.1, 0.15) is 27.2 Å². The van der Waals surface area contributed by atoms with E-state index in [2.05, 4.69) is 5.32 Å². The molecule has 0 radical (unpaired) electrons. The molecule has 1 unspecified atom stereocenters. The summed E-state index contributed by atoms with van der Waals surface area (Å²) < 4.78 is 37.4. The normalized spacial score (nSPS) is 12.4. The summed E-state index contributed by atoms with van der Waals surface area (Å²) in [7, 11) is -1.97. The Morgan fingerprint density at radius 1 is 1.03 bits per heavy atom. The number of carbonyl (C=O) groups is 1. The van der Waals surface area contributed by atoms with Gasteiger partial charge in [-0.25, -0.2) is 8.42 Å². The number of hydrogen-bond donors (Lipinski definition) is 1. The zero-order chi connectivity index (χ0) is 21.4. The Hall–Kier alpha value is -2.58. The van der Waals surface area contributed by atoms with E-state index in [1.54, 1.807) is 57.4 Å². The molecule has 158 valence electrons. The standard InChI is InChI=1S/C21H28N2O5S/c1-5-20(28-18-10-8-9-17(15-18)27-4)21(24)22-16-11-13-19(14-12-16)29(25,26)23(6-2)7-3/h8-15,20H,5-7H2,1-4H3,(H,22,24). The topological polar surface area (TPSA) is 84.9 Å². The van der Waals surface area contributed by atoms with Crippen molar-refractivity contribution in [2.24, 2.45) is 0 Å².